The van der Waals surface area contributed by atoms with Gasteiger partial charge in [-0.2, -0.15) is 0 Å². The highest BCUT2D eigenvalue weighted by Gasteiger charge is 2.41. The predicted octanol–water partition coefficient (Wildman–Crippen LogP) is 0.766. The van der Waals surface area contributed by atoms with Gasteiger partial charge in [0.05, 0.1) is 5.60 Å². The molecule has 0 unspecified atom stereocenters. The topological polar surface area (TPSA) is 41.6 Å². The van der Waals surface area contributed by atoms with Crippen molar-refractivity contribution in [2.24, 2.45) is 0 Å². The molecule has 0 atom stereocenters. The molecule has 4 heteroatoms. The van der Waals surface area contributed by atoms with E-state index < -0.39 is 0 Å². The number of ether oxygens (including phenoxy) is 1. The zero-order valence-corrected chi connectivity index (χ0v) is 10.3. The summed E-state index contributed by atoms with van der Waals surface area (Å²) in [6.45, 7) is 3.91. The summed E-state index contributed by atoms with van der Waals surface area (Å²) < 4.78 is 5.82. The van der Waals surface area contributed by atoms with Gasteiger partial charge in [0.2, 0.25) is 5.91 Å². The molecule has 0 bridgehead atoms. The molecule has 1 heterocycles. The molecule has 1 saturated carbocycles. The summed E-state index contributed by atoms with van der Waals surface area (Å²) in [7, 11) is 2.02. The first kappa shape index (κ1) is 11.9. The molecule has 1 aliphatic carbocycles. The van der Waals surface area contributed by atoms with Crippen LogP contribution in [0.25, 0.3) is 0 Å². The van der Waals surface area contributed by atoms with Crippen molar-refractivity contribution in [2.75, 3.05) is 26.7 Å². The largest absolute Gasteiger partial charge is 0.363 e. The van der Waals surface area contributed by atoms with Crippen molar-refractivity contribution in [2.45, 2.75) is 44.2 Å². The number of morpholine rings is 1. The third kappa shape index (κ3) is 2.23. The van der Waals surface area contributed by atoms with Gasteiger partial charge >= 0.3 is 0 Å². The second-order valence-electron chi connectivity index (χ2n) is 4.94. The van der Waals surface area contributed by atoms with Gasteiger partial charge in [0.1, 0.15) is 6.61 Å². The van der Waals surface area contributed by atoms with Crippen LogP contribution in [-0.2, 0) is 9.53 Å². The summed E-state index contributed by atoms with van der Waals surface area (Å²) in [6, 6.07) is 0.627. The highest BCUT2D eigenvalue weighted by atomic mass is 16.5. The molecule has 0 aromatic rings. The smallest absolute Gasteiger partial charge is 0.248 e. The zero-order chi connectivity index (χ0) is 11.6. The van der Waals surface area contributed by atoms with Crippen LogP contribution in [-0.4, -0.2) is 49.2 Å². The molecule has 0 aromatic carbocycles. The average molecular weight is 226 g/mol. The quantitative estimate of drug-likeness (QED) is 0.756. The van der Waals surface area contributed by atoms with Crippen molar-refractivity contribution in [1.82, 2.24) is 10.2 Å². The predicted molar refractivity (Wildman–Crippen MR) is 62.3 cm³/mol. The van der Waals surface area contributed by atoms with Gasteiger partial charge in [-0.25, -0.2) is 0 Å². The highest BCUT2D eigenvalue weighted by molar-refractivity contribution is 5.78. The van der Waals surface area contributed by atoms with Crippen LogP contribution in [0.2, 0.25) is 0 Å². The zero-order valence-electron chi connectivity index (χ0n) is 10.3. The van der Waals surface area contributed by atoms with Crippen molar-refractivity contribution >= 4 is 5.91 Å². The maximum absolute atomic E-state index is 11.6. The van der Waals surface area contributed by atoms with Crippen LogP contribution in [0, 0.1) is 0 Å². The summed E-state index contributed by atoms with van der Waals surface area (Å²) >= 11 is 0. The minimum atomic E-state index is -0.0444. The van der Waals surface area contributed by atoms with E-state index >= 15 is 0 Å². The maximum atomic E-state index is 11.6. The summed E-state index contributed by atoms with van der Waals surface area (Å²) in [5.74, 6) is 0.142. The van der Waals surface area contributed by atoms with E-state index in [4.69, 9.17) is 4.74 Å². The molecule has 1 saturated heterocycles. The van der Waals surface area contributed by atoms with Crippen LogP contribution >= 0.6 is 0 Å². The van der Waals surface area contributed by atoms with Crippen molar-refractivity contribution in [1.29, 1.82) is 0 Å². The van der Waals surface area contributed by atoms with Gasteiger partial charge in [-0.3, -0.25) is 4.79 Å². The Balaban J connectivity index is 1.96. The highest BCUT2D eigenvalue weighted by Crippen LogP contribution is 2.34. The monoisotopic (exact) mass is 226 g/mol. The molecule has 2 rings (SSSR count). The molecule has 1 amide bonds. The maximum Gasteiger partial charge on any atom is 0.248 e. The fraction of sp³-hybridized carbons (Fsp3) is 0.917. The van der Waals surface area contributed by atoms with E-state index in [1.54, 1.807) is 0 Å². The average Bonchev–Trinajstić information content (AvgIpc) is 2.34. The van der Waals surface area contributed by atoms with Gasteiger partial charge in [-0.1, -0.05) is 0 Å². The molecule has 92 valence electrons. The number of hydrogen-bond donors (Lipinski definition) is 1. The molecule has 1 spiro atoms. The molecule has 1 N–H and O–H groups in total. The molecule has 2 fully saturated rings. The number of carbonyl (C=O) groups is 1. The van der Waals surface area contributed by atoms with Gasteiger partial charge < -0.3 is 15.0 Å². The van der Waals surface area contributed by atoms with Gasteiger partial charge in [-0.05, 0) is 39.7 Å². The lowest BCUT2D eigenvalue weighted by molar-refractivity contribution is -0.169. The molecular formula is C12H22N2O2. The Hall–Kier alpha value is -0.610. The fourth-order valence-electron chi connectivity index (χ4n) is 2.81. The van der Waals surface area contributed by atoms with Crippen LogP contribution in [0.3, 0.4) is 0 Å². The van der Waals surface area contributed by atoms with Gasteiger partial charge in [0, 0.05) is 19.1 Å². The van der Waals surface area contributed by atoms with E-state index in [-0.39, 0.29) is 18.1 Å². The van der Waals surface area contributed by atoms with Crippen LogP contribution in [0.15, 0.2) is 0 Å². The van der Waals surface area contributed by atoms with Gasteiger partial charge in [-0.15, -0.1) is 0 Å². The van der Waals surface area contributed by atoms with E-state index in [2.05, 4.69) is 5.32 Å². The summed E-state index contributed by atoms with van der Waals surface area (Å²) in [5.41, 5.74) is -0.0444. The third-order valence-corrected chi connectivity index (χ3v) is 4.02. The molecule has 1 aliphatic heterocycles. The SMILES string of the molecule is CCN1CC2(CCC(NC)CC2)OCC1=O. The molecule has 16 heavy (non-hydrogen) atoms. The second kappa shape index (κ2) is 4.72. The Morgan fingerprint density at radius 1 is 1.50 bits per heavy atom. The molecule has 0 radical (unpaired) electrons. The van der Waals surface area contributed by atoms with E-state index in [0.717, 1.165) is 38.8 Å². The second-order valence-corrected chi connectivity index (χ2v) is 4.94. The first-order valence-electron chi connectivity index (χ1n) is 6.28. The van der Waals surface area contributed by atoms with E-state index in [1.165, 1.54) is 0 Å². The molecule has 2 aliphatic rings. The Kier molecular flexibility index (Phi) is 3.50. The van der Waals surface area contributed by atoms with E-state index in [1.807, 2.05) is 18.9 Å². The number of nitrogens with zero attached hydrogens (tertiary/aromatic N) is 1. The number of rotatable bonds is 2. The standard InChI is InChI=1S/C12H22N2O2/c1-3-14-9-12(16-8-11(14)15)6-4-10(13-2)5-7-12/h10,13H,3-9H2,1-2H3. The molecule has 0 aromatic heterocycles. The Labute approximate surface area is 97.3 Å². The molecule has 4 nitrogen and oxygen atoms in total. The summed E-state index contributed by atoms with van der Waals surface area (Å²) in [6.07, 6.45) is 4.45. The van der Waals surface area contributed by atoms with Gasteiger partial charge in [0.25, 0.3) is 0 Å². The first-order valence-corrected chi connectivity index (χ1v) is 6.28. The van der Waals surface area contributed by atoms with Crippen molar-refractivity contribution in [3.63, 3.8) is 0 Å². The minimum Gasteiger partial charge on any atom is -0.363 e. The fourth-order valence-corrected chi connectivity index (χ4v) is 2.81. The molecular weight excluding hydrogens is 204 g/mol. The number of nitrogens with one attached hydrogen (secondary N) is 1. The number of carbonyl (C=O) groups excluding carboxylic acids is 1. The lowest BCUT2D eigenvalue weighted by Crippen LogP contribution is -2.56. The lowest BCUT2D eigenvalue weighted by Gasteiger charge is -2.46. The summed E-state index contributed by atoms with van der Waals surface area (Å²) in [4.78, 5) is 13.5. The van der Waals surface area contributed by atoms with Crippen molar-refractivity contribution < 1.29 is 9.53 Å². The van der Waals surface area contributed by atoms with Crippen LogP contribution < -0.4 is 5.32 Å². The Morgan fingerprint density at radius 2 is 2.19 bits per heavy atom. The minimum absolute atomic E-state index is 0.0444. The lowest BCUT2D eigenvalue weighted by atomic mass is 9.81. The summed E-state index contributed by atoms with van der Waals surface area (Å²) in [5, 5.41) is 3.32. The van der Waals surface area contributed by atoms with Crippen molar-refractivity contribution in [3.05, 3.63) is 0 Å². The van der Waals surface area contributed by atoms with Gasteiger partial charge in [0.15, 0.2) is 0 Å². The Bertz CT molecular complexity index is 260. The normalized spacial score (nSPS) is 35.8. The van der Waals surface area contributed by atoms with E-state index in [0.29, 0.717) is 6.04 Å². The van der Waals surface area contributed by atoms with Crippen LogP contribution in [0.4, 0.5) is 0 Å². The first-order chi connectivity index (χ1) is 7.69. The van der Waals surface area contributed by atoms with Crippen LogP contribution in [0.1, 0.15) is 32.6 Å². The van der Waals surface area contributed by atoms with Crippen LogP contribution in [0.5, 0.6) is 0 Å². The number of amides is 1. The number of hydrogen-bond acceptors (Lipinski definition) is 3. The Morgan fingerprint density at radius 3 is 2.75 bits per heavy atom. The van der Waals surface area contributed by atoms with E-state index in [9.17, 15) is 4.79 Å². The third-order valence-electron chi connectivity index (χ3n) is 4.02. The van der Waals surface area contributed by atoms with Crippen molar-refractivity contribution in [3.8, 4) is 0 Å². The number of likely N-dealkylation sites (N-methyl/N-ethyl adjacent to an activating group) is 1.